The summed E-state index contributed by atoms with van der Waals surface area (Å²) in [5.41, 5.74) is 0. The molecule has 1 saturated heterocycles. The minimum absolute atomic E-state index is 0.0473. The molecular formula is C15H24ClN3O2S. The Morgan fingerprint density at radius 2 is 1.77 bits per heavy atom. The molecule has 2 rings (SSSR count). The lowest BCUT2D eigenvalue weighted by Gasteiger charge is -2.36. The Labute approximate surface area is 142 Å². The molecule has 7 heteroatoms. The van der Waals surface area contributed by atoms with Crippen LogP contribution in [0.15, 0.2) is 0 Å². The molecule has 124 valence electrons. The van der Waals surface area contributed by atoms with Gasteiger partial charge in [0.15, 0.2) is 0 Å². The second kappa shape index (κ2) is 7.81. The molecule has 2 fully saturated rings. The zero-order valence-electron chi connectivity index (χ0n) is 13.3. The number of hydrogen-bond acceptors (Lipinski definition) is 5. The predicted octanol–water partition coefficient (Wildman–Crippen LogP) is 0.854. The van der Waals surface area contributed by atoms with Crippen LogP contribution in [0.25, 0.3) is 0 Å². The molecule has 1 aliphatic heterocycles. The van der Waals surface area contributed by atoms with Gasteiger partial charge in [0, 0.05) is 45.2 Å². The van der Waals surface area contributed by atoms with Crippen molar-refractivity contribution in [2.24, 2.45) is 11.8 Å². The van der Waals surface area contributed by atoms with E-state index in [1.807, 2.05) is 4.90 Å². The van der Waals surface area contributed by atoms with Gasteiger partial charge in [-0.05, 0) is 43.4 Å². The molecule has 0 aromatic carbocycles. The van der Waals surface area contributed by atoms with Crippen LogP contribution in [0, 0.1) is 11.8 Å². The molecule has 1 amide bonds. The number of nitrogens with zero attached hydrogens (tertiary/aromatic N) is 3. The molecule has 0 N–H and O–H groups in total. The lowest BCUT2D eigenvalue weighted by Crippen LogP contribution is -2.51. The quantitative estimate of drug-likeness (QED) is 0.546. The maximum atomic E-state index is 12.7. The molecule has 0 aromatic rings. The molecule has 0 bridgehead atoms. The zero-order chi connectivity index (χ0) is 16.3. The average Bonchev–Trinajstić information content (AvgIpc) is 2.87. The van der Waals surface area contributed by atoms with Gasteiger partial charge in [-0.2, -0.15) is 0 Å². The first kappa shape index (κ1) is 17.8. The summed E-state index contributed by atoms with van der Waals surface area (Å²) < 4.78 is 0. The summed E-state index contributed by atoms with van der Waals surface area (Å²) in [5.74, 6) is -0.717. The predicted molar refractivity (Wildman–Crippen MR) is 91.2 cm³/mol. The zero-order valence-corrected chi connectivity index (χ0v) is 14.8. The SMILES string of the molecule is CN(C)CCN1CCN(C(=O)C2CC(=S)CC2C(=O)Cl)CC1. The molecular weight excluding hydrogens is 322 g/mol. The topological polar surface area (TPSA) is 43.9 Å². The van der Waals surface area contributed by atoms with Crippen molar-refractivity contribution >= 4 is 39.8 Å². The van der Waals surface area contributed by atoms with Gasteiger partial charge in [0.1, 0.15) is 0 Å². The minimum Gasteiger partial charge on any atom is -0.340 e. The van der Waals surface area contributed by atoms with Crippen LogP contribution in [0.2, 0.25) is 0 Å². The van der Waals surface area contributed by atoms with Crippen molar-refractivity contribution in [3.05, 3.63) is 0 Å². The van der Waals surface area contributed by atoms with Gasteiger partial charge < -0.3 is 9.80 Å². The van der Waals surface area contributed by atoms with E-state index in [-0.39, 0.29) is 11.8 Å². The highest BCUT2D eigenvalue weighted by molar-refractivity contribution is 7.80. The van der Waals surface area contributed by atoms with Gasteiger partial charge in [-0.3, -0.25) is 14.5 Å². The largest absolute Gasteiger partial charge is 0.340 e. The van der Waals surface area contributed by atoms with Crippen molar-refractivity contribution in [1.29, 1.82) is 0 Å². The molecule has 0 radical (unpaired) electrons. The lowest BCUT2D eigenvalue weighted by molar-refractivity contribution is -0.140. The number of likely N-dealkylation sites (N-methyl/N-ethyl adjacent to an activating group) is 1. The monoisotopic (exact) mass is 345 g/mol. The van der Waals surface area contributed by atoms with Crippen molar-refractivity contribution in [1.82, 2.24) is 14.7 Å². The summed E-state index contributed by atoms with van der Waals surface area (Å²) in [4.78, 5) is 31.4. The third-order valence-electron chi connectivity index (χ3n) is 4.54. The number of thiocarbonyl (C=S) groups is 1. The first-order valence-corrected chi connectivity index (χ1v) is 8.54. The number of hydrogen-bond donors (Lipinski definition) is 0. The number of halogens is 1. The van der Waals surface area contributed by atoms with Crippen LogP contribution >= 0.6 is 23.8 Å². The first-order valence-electron chi connectivity index (χ1n) is 7.75. The van der Waals surface area contributed by atoms with Gasteiger partial charge in [-0.15, -0.1) is 0 Å². The van der Waals surface area contributed by atoms with E-state index in [9.17, 15) is 9.59 Å². The number of amides is 1. The van der Waals surface area contributed by atoms with Crippen LogP contribution in [0.3, 0.4) is 0 Å². The Kier molecular flexibility index (Phi) is 6.32. The molecule has 2 atom stereocenters. The second-order valence-electron chi connectivity index (χ2n) is 6.43. The Morgan fingerprint density at radius 1 is 1.18 bits per heavy atom. The smallest absolute Gasteiger partial charge is 0.226 e. The summed E-state index contributed by atoms with van der Waals surface area (Å²) in [7, 11) is 4.12. The van der Waals surface area contributed by atoms with Crippen LogP contribution in [-0.2, 0) is 9.59 Å². The van der Waals surface area contributed by atoms with Gasteiger partial charge in [-0.1, -0.05) is 12.2 Å². The summed E-state index contributed by atoms with van der Waals surface area (Å²) in [6.07, 6.45) is 1.01. The highest BCUT2D eigenvalue weighted by atomic mass is 35.5. The van der Waals surface area contributed by atoms with Crippen LogP contribution in [-0.4, -0.2) is 84.1 Å². The second-order valence-corrected chi connectivity index (χ2v) is 7.38. The Bertz CT molecular complexity index is 450. The van der Waals surface area contributed by atoms with Gasteiger partial charge in [-0.25, -0.2) is 0 Å². The van der Waals surface area contributed by atoms with Crippen molar-refractivity contribution in [3.8, 4) is 0 Å². The van der Waals surface area contributed by atoms with Crippen molar-refractivity contribution in [2.75, 3.05) is 53.4 Å². The number of carbonyl (C=O) groups is 2. The van der Waals surface area contributed by atoms with Gasteiger partial charge >= 0.3 is 0 Å². The van der Waals surface area contributed by atoms with E-state index in [1.54, 1.807) is 0 Å². The first-order chi connectivity index (χ1) is 10.4. The number of carbonyl (C=O) groups excluding carboxylic acids is 2. The normalized spacial score (nSPS) is 26.7. The molecule has 1 aliphatic carbocycles. The van der Waals surface area contributed by atoms with Gasteiger partial charge in [0.05, 0.1) is 5.92 Å². The summed E-state index contributed by atoms with van der Waals surface area (Å²) in [6, 6.07) is 0. The Balaban J connectivity index is 1.87. The summed E-state index contributed by atoms with van der Waals surface area (Å²) >= 11 is 10.8. The summed E-state index contributed by atoms with van der Waals surface area (Å²) in [6.45, 7) is 5.25. The molecule has 5 nitrogen and oxygen atoms in total. The van der Waals surface area contributed by atoms with E-state index in [0.29, 0.717) is 12.8 Å². The van der Waals surface area contributed by atoms with Gasteiger partial charge in [0.25, 0.3) is 0 Å². The van der Waals surface area contributed by atoms with E-state index in [1.165, 1.54) is 0 Å². The van der Waals surface area contributed by atoms with E-state index in [0.717, 1.165) is 44.1 Å². The molecule has 0 aromatic heterocycles. The molecule has 22 heavy (non-hydrogen) atoms. The van der Waals surface area contributed by atoms with Crippen molar-refractivity contribution < 1.29 is 9.59 Å². The average molecular weight is 346 g/mol. The fourth-order valence-corrected chi connectivity index (χ4v) is 3.71. The van der Waals surface area contributed by atoms with Crippen LogP contribution in [0.1, 0.15) is 12.8 Å². The van der Waals surface area contributed by atoms with E-state index < -0.39 is 11.2 Å². The third kappa shape index (κ3) is 4.47. The highest BCUT2D eigenvalue weighted by Crippen LogP contribution is 2.33. The number of piperazine rings is 1. The lowest BCUT2D eigenvalue weighted by atomic mass is 9.95. The minimum atomic E-state index is -0.428. The molecule has 2 unspecified atom stereocenters. The fraction of sp³-hybridized carbons (Fsp3) is 0.800. The van der Waals surface area contributed by atoms with Crippen molar-refractivity contribution in [2.45, 2.75) is 12.8 Å². The van der Waals surface area contributed by atoms with Crippen LogP contribution in [0.4, 0.5) is 0 Å². The standard InChI is InChI=1S/C15H24ClN3O2S/c1-17(2)3-4-18-5-7-19(8-6-18)15(21)13-10-11(22)9-12(13)14(16)20/h12-13H,3-10H2,1-2H3. The molecule has 2 aliphatic rings. The molecule has 1 heterocycles. The Morgan fingerprint density at radius 3 is 2.32 bits per heavy atom. The molecule has 0 spiro atoms. The van der Waals surface area contributed by atoms with Crippen LogP contribution < -0.4 is 0 Å². The highest BCUT2D eigenvalue weighted by Gasteiger charge is 2.41. The van der Waals surface area contributed by atoms with E-state index >= 15 is 0 Å². The van der Waals surface area contributed by atoms with Crippen LogP contribution in [0.5, 0.6) is 0 Å². The fourth-order valence-electron chi connectivity index (χ4n) is 3.12. The Hall–Kier alpha value is -0.560. The van der Waals surface area contributed by atoms with Gasteiger partial charge in [0.2, 0.25) is 11.1 Å². The van der Waals surface area contributed by atoms with E-state index in [2.05, 4.69) is 23.9 Å². The maximum absolute atomic E-state index is 12.7. The third-order valence-corrected chi connectivity index (χ3v) is 5.15. The summed E-state index contributed by atoms with van der Waals surface area (Å²) in [5, 5.41) is -0.428. The molecule has 1 saturated carbocycles. The van der Waals surface area contributed by atoms with Crippen molar-refractivity contribution in [3.63, 3.8) is 0 Å². The van der Waals surface area contributed by atoms with E-state index in [4.69, 9.17) is 23.8 Å². The maximum Gasteiger partial charge on any atom is 0.226 e. The number of rotatable bonds is 5.